The van der Waals surface area contributed by atoms with Gasteiger partial charge in [-0.25, -0.2) is 9.79 Å². The lowest BCUT2D eigenvalue weighted by molar-refractivity contribution is -0.526. The van der Waals surface area contributed by atoms with E-state index in [0.717, 1.165) is 94.0 Å². The molecule has 7 rings (SSSR count). The predicted octanol–water partition coefficient (Wildman–Crippen LogP) is 1.98. The molecule has 5 aromatic carbocycles. The van der Waals surface area contributed by atoms with Gasteiger partial charge in [-0.1, -0.05) is 69.5 Å². The molecule has 0 aromatic heterocycles. The Hall–Kier alpha value is -8.55. The summed E-state index contributed by atoms with van der Waals surface area (Å²) in [6, 6.07) is 35.5. The molecule has 2 amide bonds. The first-order valence-corrected chi connectivity index (χ1v) is 23.0. The van der Waals surface area contributed by atoms with Crippen molar-refractivity contribution >= 4 is 86.7 Å². The molecule has 0 atom stereocenters. The summed E-state index contributed by atoms with van der Waals surface area (Å²) in [4.78, 5) is 46.3. The average Bonchev–Trinajstić information content (AvgIpc) is 4.10. The zero-order valence-corrected chi connectivity index (χ0v) is 40.2. The third kappa shape index (κ3) is 16.6. The maximum absolute atomic E-state index is 13.0. The van der Waals surface area contributed by atoms with E-state index in [1.54, 1.807) is 31.2 Å². The monoisotopic (exact) mass is 979 g/mol. The number of carbonyl (C=O) groups is 3. The third-order valence-electron chi connectivity index (χ3n) is 10.7. The van der Waals surface area contributed by atoms with Crippen LogP contribution in [0.1, 0.15) is 78.4 Å². The average molecular weight is 979 g/mol. The van der Waals surface area contributed by atoms with E-state index >= 15 is 0 Å². The second-order valence-corrected chi connectivity index (χ2v) is 16.6. The van der Waals surface area contributed by atoms with E-state index in [4.69, 9.17) is 29.4 Å². The molecule has 0 saturated carbocycles. The van der Waals surface area contributed by atoms with E-state index in [1.807, 2.05) is 105 Å². The second-order valence-electron chi connectivity index (χ2n) is 16.2. The number of thiocarbonyl (C=S) groups is 1. The fourth-order valence-corrected chi connectivity index (χ4v) is 7.54. The van der Waals surface area contributed by atoms with Gasteiger partial charge in [-0.15, -0.1) is 5.10 Å². The van der Waals surface area contributed by atoms with Gasteiger partial charge in [0.15, 0.2) is 10.9 Å². The minimum absolute atomic E-state index is 0. The number of rotatable bonds is 17. The first kappa shape index (κ1) is 53.4. The first-order chi connectivity index (χ1) is 33.7. The molecule has 18 nitrogen and oxygen atoms in total. The minimum atomic E-state index is -0.466. The maximum atomic E-state index is 13.0. The van der Waals surface area contributed by atoms with Crippen LogP contribution >= 0.6 is 12.2 Å². The molecule has 0 radical (unpaired) electrons. The molecular weight excluding hydrogens is 915 g/mol. The number of amides is 2. The summed E-state index contributed by atoms with van der Waals surface area (Å²) in [7, 11) is 0. The number of amidine groups is 2. The lowest BCUT2D eigenvalue weighted by atomic mass is 9.98. The smallest absolute Gasteiger partial charge is 0.362 e. The van der Waals surface area contributed by atoms with Gasteiger partial charge >= 0.3 is 12.0 Å². The summed E-state index contributed by atoms with van der Waals surface area (Å²) in [5.74, 6) is 2.17. The number of benzene rings is 5. The normalized spacial score (nSPS) is 12.8. The number of nitrogens with two attached hydrogens (primary N) is 4. The van der Waals surface area contributed by atoms with Gasteiger partial charge in [0.2, 0.25) is 5.84 Å². The Morgan fingerprint density at radius 3 is 2.06 bits per heavy atom. The lowest BCUT2D eigenvalue weighted by Crippen LogP contribution is -2.86. The number of ketones is 2. The number of carbonyl (C=O) groups excluding carboxylic acids is 3. The molecule has 0 bridgehead atoms. The number of quaternary nitrogens is 1. The molecule has 0 unspecified atom stereocenters. The highest BCUT2D eigenvalue weighted by Gasteiger charge is 2.19. The van der Waals surface area contributed by atoms with Gasteiger partial charge in [-0.05, 0) is 109 Å². The fourth-order valence-electron chi connectivity index (χ4n) is 7.31. The molecule has 19 heteroatoms. The van der Waals surface area contributed by atoms with Crippen LogP contribution in [0.2, 0.25) is 0 Å². The van der Waals surface area contributed by atoms with Crippen LogP contribution in [0.4, 0.5) is 27.5 Å². The zero-order valence-electron chi connectivity index (χ0n) is 39.4. The Morgan fingerprint density at radius 1 is 0.803 bits per heavy atom. The van der Waals surface area contributed by atoms with Crippen LogP contribution in [0.5, 0.6) is 0 Å². The molecule has 2 aliphatic rings. The predicted molar refractivity (Wildman–Crippen MR) is 290 cm³/mol. The Bertz CT molecular complexity index is 2920. The molecule has 5 aromatic rings. The lowest BCUT2D eigenvalue weighted by Gasteiger charge is -2.13. The third-order valence-corrected chi connectivity index (χ3v) is 10.9. The van der Waals surface area contributed by atoms with Crippen molar-refractivity contribution in [3.05, 3.63) is 167 Å². The molecule has 368 valence electrons. The van der Waals surface area contributed by atoms with Gasteiger partial charge in [0.05, 0.1) is 34.8 Å². The van der Waals surface area contributed by atoms with Crippen LogP contribution in [0.25, 0.3) is 0 Å². The molecule has 71 heavy (non-hydrogen) atoms. The van der Waals surface area contributed by atoms with Crippen LogP contribution in [0.3, 0.4) is 0 Å². The van der Waals surface area contributed by atoms with E-state index in [9.17, 15) is 14.4 Å². The largest absolute Gasteiger partial charge is 0.385 e. The first-order valence-electron chi connectivity index (χ1n) is 22.6. The van der Waals surface area contributed by atoms with Gasteiger partial charge in [-0.2, -0.15) is 10.2 Å². The summed E-state index contributed by atoms with van der Waals surface area (Å²) in [5, 5.41) is 28.7. The molecule has 2 heterocycles. The number of hydrazone groups is 2. The molecular formula is C52H64N15O3S+3. The van der Waals surface area contributed by atoms with E-state index in [1.165, 1.54) is 0 Å². The molecule has 2 aliphatic heterocycles. The number of guanidine groups is 1. The van der Waals surface area contributed by atoms with E-state index in [0.29, 0.717) is 34.9 Å². The Kier molecular flexibility index (Phi) is 19.8. The number of nitrogens with zero attached hydrogens (tertiary/aromatic N) is 3. The number of Topliss-reactive ketones (excluding diaryl/α,β-unsaturated/α-hetero) is 2. The van der Waals surface area contributed by atoms with Crippen molar-refractivity contribution in [1.82, 2.24) is 10.7 Å². The molecule has 0 saturated heterocycles. The van der Waals surface area contributed by atoms with E-state index < -0.39 is 6.03 Å². The topological polar surface area (TPSA) is 283 Å². The van der Waals surface area contributed by atoms with Crippen LogP contribution in [-0.4, -0.2) is 77.9 Å². The van der Waals surface area contributed by atoms with Crippen molar-refractivity contribution in [2.45, 2.75) is 47.5 Å². The second kappa shape index (κ2) is 26.3. The Labute approximate surface area is 419 Å². The highest BCUT2D eigenvalue weighted by molar-refractivity contribution is 7.80. The van der Waals surface area contributed by atoms with Gasteiger partial charge in [0, 0.05) is 47.5 Å². The Morgan fingerprint density at radius 2 is 1.44 bits per heavy atom. The quantitative estimate of drug-likeness (QED) is 0.0211. The number of anilines is 4. The summed E-state index contributed by atoms with van der Waals surface area (Å²) in [6.45, 7) is 12.5. The van der Waals surface area contributed by atoms with Crippen molar-refractivity contribution in [3.8, 4) is 0 Å². The highest BCUT2D eigenvalue weighted by atomic mass is 32.1. The highest BCUT2D eigenvalue weighted by Crippen LogP contribution is 2.22. The van der Waals surface area contributed by atoms with Crippen LogP contribution in [0.15, 0.2) is 143 Å². The molecule has 16 N–H and O–H groups in total. The zero-order chi connectivity index (χ0) is 50.0. The van der Waals surface area contributed by atoms with Crippen molar-refractivity contribution in [1.29, 1.82) is 0 Å². The van der Waals surface area contributed by atoms with Crippen molar-refractivity contribution < 1.29 is 29.8 Å². The summed E-state index contributed by atoms with van der Waals surface area (Å²) < 4.78 is 0. The Balaban J connectivity index is 0.000000272. The number of hydrogen-bond acceptors (Lipinski definition) is 10. The van der Waals surface area contributed by atoms with Crippen molar-refractivity contribution in [2.24, 2.45) is 32.4 Å². The van der Waals surface area contributed by atoms with Crippen molar-refractivity contribution in [3.63, 3.8) is 0 Å². The van der Waals surface area contributed by atoms with Gasteiger partial charge in [0.1, 0.15) is 31.2 Å². The molecule has 0 fully saturated rings. The summed E-state index contributed by atoms with van der Waals surface area (Å²) >= 11 is 5.43. The van der Waals surface area contributed by atoms with Crippen molar-refractivity contribution in [2.75, 3.05) is 47.4 Å². The maximum Gasteiger partial charge on any atom is 0.362 e. The number of aliphatic imine (C=N–C) groups is 1. The standard InChI is InChI=1S/C31H32N6O3.C20H25N9S.CH4/c1-2-28(39)26-10-9-21(17-25(38)16-20-5-3-6-22(15-20)29-32-11-12-33-29)18-27(26)37-31(40)36-24-8-4-7-23(19-24)30-34-13-14-35-30;1-12(26-28-14(3)21)15-6-4-8-17(10-15)24-20(30)25-18-9-5-7-16(11-18)13(2)27-29-19(22)23;/h3-10,15,18-19H,2,11-14,16-17H2,1H3,(H,32,33)(H,34,35)(H2,36,37,40);4-11,28H,3,21H2,1-2H3,(H4,22,23,29)(H2,24,25,30);1H4/p+3/b;26-12+,27-13+;. The summed E-state index contributed by atoms with van der Waals surface area (Å²) in [5.41, 5.74) is 28.8. The van der Waals surface area contributed by atoms with E-state index in [-0.39, 0.29) is 37.2 Å². The van der Waals surface area contributed by atoms with Gasteiger partial charge < -0.3 is 27.0 Å². The SMILES string of the molecule is C.C=C(N)N/N=C(\C)c1cccc(NC(=S)Nc2cccc(/C(C)=N/[NH+]=C(N)N)c2)c1.CCC(=O)c1ccc(CC(=O)Cc2cccc(C3=[NH+]CCN3)c2)cc1NC(=O)Nc1cccc(C2=NCC[NH2+]2)c1. The number of urea groups is 1. The van der Waals surface area contributed by atoms with E-state index in [2.05, 4.69) is 69.2 Å². The minimum Gasteiger partial charge on any atom is -0.385 e. The molecule has 0 spiro atoms. The van der Waals surface area contributed by atoms with Crippen LogP contribution in [0, 0.1) is 0 Å². The van der Waals surface area contributed by atoms with Crippen LogP contribution < -0.4 is 64.6 Å². The number of hydrogen-bond donors (Lipinski definition) is 12. The van der Waals surface area contributed by atoms with Crippen LogP contribution in [-0.2, 0) is 17.6 Å². The summed E-state index contributed by atoms with van der Waals surface area (Å²) in [6.07, 6.45) is 0.780. The molecule has 0 aliphatic carbocycles. The fraction of sp³-hybridized carbons (Fsp3) is 0.212. The van der Waals surface area contributed by atoms with Gasteiger partial charge in [-0.3, -0.25) is 42.1 Å². The van der Waals surface area contributed by atoms with Gasteiger partial charge in [0.25, 0.3) is 5.84 Å². The number of nitrogens with one attached hydrogen (secondary N) is 8.